The van der Waals surface area contributed by atoms with Crippen LogP contribution in [-0.4, -0.2) is 56.3 Å². The fourth-order valence-corrected chi connectivity index (χ4v) is 5.48. The average molecular weight is 476 g/mol. The van der Waals surface area contributed by atoms with Crippen LogP contribution in [0.15, 0.2) is 24.4 Å². The van der Waals surface area contributed by atoms with Crippen LogP contribution < -0.4 is 15.4 Å². The van der Waals surface area contributed by atoms with Crippen LogP contribution in [0.25, 0.3) is 0 Å². The first-order chi connectivity index (χ1) is 15.8. The SMILES string of the molecule is CC1(C)CC[C@H]2C[C@@H](Nc3nc(Nc4ccc(OC5CC(O)C5)c(Cl)c4)ncc3F)CCN21. The number of rotatable bonds is 6. The first kappa shape index (κ1) is 22.6. The highest BCUT2D eigenvalue weighted by Crippen LogP contribution is 2.39. The molecule has 1 saturated carbocycles. The third-order valence-corrected chi connectivity index (χ3v) is 7.51. The summed E-state index contributed by atoms with van der Waals surface area (Å²) in [6, 6.07) is 6.04. The second-order valence-electron chi connectivity index (χ2n) is 10.1. The average Bonchev–Trinajstić information content (AvgIpc) is 3.05. The first-order valence-corrected chi connectivity index (χ1v) is 12.1. The fourth-order valence-electron chi connectivity index (χ4n) is 5.26. The summed E-state index contributed by atoms with van der Waals surface area (Å²) in [7, 11) is 0. The highest BCUT2D eigenvalue weighted by atomic mass is 35.5. The number of aliphatic hydroxyl groups excluding tert-OH is 1. The van der Waals surface area contributed by atoms with Gasteiger partial charge in [-0.25, -0.2) is 9.37 Å². The molecule has 0 radical (unpaired) electrons. The van der Waals surface area contributed by atoms with Gasteiger partial charge in [-0.3, -0.25) is 4.90 Å². The molecule has 2 aromatic rings. The van der Waals surface area contributed by atoms with Gasteiger partial charge in [-0.1, -0.05) is 11.6 Å². The minimum Gasteiger partial charge on any atom is -0.489 e. The quantitative estimate of drug-likeness (QED) is 0.557. The van der Waals surface area contributed by atoms with Gasteiger partial charge in [0.05, 0.1) is 17.3 Å². The van der Waals surface area contributed by atoms with Crippen molar-refractivity contribution >= 4 is 29.1 Å². The summed E-state index contributed by atoms with van der Waals surface area (Å²) in [6.07, 6.45) is 6.47. The number of hydrogen-bond donors (Lipinski definition) is 3. The number of nitrogens with zero attached hydrogens (tertiary/aromatic N) is 3. The van der Waals surface area contributed by atoms with Gasteiger partial charge in [0.2, 0.25) is 5.95 Å². The molecule has 178 valence electrons. The van der Waals surface area contributed by atoms with Crippen molar-refractivity contribution in [2.45, 2.75) is 82.2 Å². The van der Waals surface area contributed by atoms with Crippen LogP contribution in [-0.2, 0) is 0 Å². The van der Waals surface area contributed by atoms with Gasteiger partial charge in [0.25, 0.3) is 0 Å². The van der Waals surface area contributed by atoms with Crippen LogP contribution in [0.2, 0.25) is 5.02 Å². The third-order valence-electron chi connectivity index (χ3n) is 7.22. The van der Waals surface area contributed by atoms with E-state index in [-0.39, 0.29) is 29.6 Å². The smallest absolute Gasteiger partial charge is 0.229 e. The van der Waals surface area contributed by atoms with E-state index in [0.717, 1.165) is 19.4 Å². The van der Waals surface area contributed by atoms with E-state index in [9.17, 15) is 9.50 Å². The van der Waals surface area contributed by atoms with Crippen LogP contribution in [0.3, 0.4) is 0 Å². The molecule has 2 saturated heterocycles. The maximum Gasteiger partial charge on any atom is 0.229 e. The summed E-state index contributed by atoms with van der Waals surface area (Å²) in [5.74, 6) is 0.630. The largest absolute Gasteiger partial charge is 0.489 e. The molecule has 1 aromatic carbocycles. The van der Waals surface area contributed by atoms with Crippen molar-refractivity contribution in [2.75, 3.05) is 17.2 Å². The molecule has 3 fully saturated rings. The standard InChI is InChI=1S/C24H31ClFN5O2/c1-24(2)7-5-16-9-15(6-8-31(16)24)28-22-20(26)13-27-23(30-22)29-14-3-4-21(19(25)10-14)33-18-11-17(32)12-18/h3-4,10,13,15-18,32H,5-9,11-12H2,1-2H3,(H2,27,28,29,30)/t15-,16-,17?,18?/m0/s1. The molecular weight excluding hydrogens is 445 g/mol. The second kappa shape index (κ2) is 8.89. The van der Waals surface area contributed by atoms with E-state index in [2.05, 4.69) is 39.3 Å². The Bertz CT molecular complexity index is 1020. The topological polar surface area (TPSA) is 82.5 Å². The number of nitrogens with one attached hydrogen (secondary N) is 2. The number of aromatic nitrogens is 2. The van der Waals surface area contributed by atoms with Crippen molar-refractivity contribution in [3.63, 3.8) is 0 Å². The molecule has 0 unspecified atom stereocenters. The molecule has 0 amide bonds. The number of ether oxygens (including phenoxy) is 1. The number of halogens is 2. The molecule has 2 aliphatic heterocycles. The van der Waals surface area contributed by atoms with Crippen LogP contribution >= 0.6 is 11.6 Å². The molecule has 33 heavy (non-hydrogen) atoms. The zero-order valence-electron chi connectivity index (χ0n) is 19.0. The van der Waals surface area contributed by atoms with Crippen molar-refractivity contribution < 1.29 is 14.2 Å². The maximum absolute atomic E-state index is 14.5. The normalized spacial score (nSPS) is 28.6. The monoisotopic (exact) mass is 475 g/mol. The van der Waals surface area contributed by atoms with Crippen molar-refractivity contribution in [1.82, 2.24) is 14.9 Å². The van der Waals surface area contributed by atoms with Gasteiger partial charge in [0, 0.05) is 42.7 Å². The van der Waals surface area contributed by atoms with Crippen molar-refractivity contribution in [3.8, 4) is 5.75 Å². The lowest BCUT2D eigenvalue weighted by Crippen LogP contribution is -2.50. The molecule has 2 atom stereocenters. The lowest BCUT2D eigenvalue weighted by atomic mass is 9.92. The Hall–Kier alpha value is -2.16. The minimum atomic E-state index is -0.459. The summed E-state index contributed by atoms with van der Waals surface area (Å²) >= 11 is 6.36. The Morgan fingerprint density at radius 2 is 2.06 bits per heavy atom. The number of hydrogen-bond acceptors (Lipinski definition) is 7. The first-order valence-electron chi connectivity index (χ1n) is 11.7. The third kappa shape index (κ3) is 4.88. The van der Waals surface area contributed by atoms with E-state index in [1.807, 2.05) is 6.07 Å². The van der Waals surface area contributed by atoms with Gasteiger partial charge in [0.1, 0.15) is 11.9 Å². The molecule has 3 aliphatic rings. The van der Waals surface area contributed by atoms with Gasteiger partial charge in [-0.05, 0) is 57.7 Å². The summed E-state index contributed by atoms with van der Waals surface area (Å²) in [5, 5.41) is 16.3. The molecule has 1 aliphatic carbocycles. The number of benzene rings is 1. The Labute approximate surface area is 198 Å². The van der Waals surface area contributed by atoms with Gasteiger partial charge in [0.15, 0.2) is 11.6 Å². The second-order valence-corrected chi connectivity index (χ2v) is 10.5. The number of fused-ring (bicyclic) bond motifs is 1. The predicted octanol–water partition coefficient (Wildman–Crippen LogP) is 4.73. The molecule has 1 aromatic heterocycles. The summed E-state index contributed by atoms with van der Waals surface area (Å²) in [4.78, 5) is 11.1. The van der Waals surface area contributed by atoms with E-state index in [0.29, 0.717) is 41.3 Å². The summed E-state index contributed by atoms with van der Waals surface area (Å²) < 4.78 is 20.3. The molecule has 3 N–H and O–H groups in total. The molecule has 9 heteroatoms. The molecule has 3 heterocycles. The van der Waals surface area contributed by atoms with E-state index in [1.54, 1.807) is 12.1 Å². The number of piperidine rings is 1. The Kier molecular flexibility index (Phi) is 6.09. The van der Waals surface area contributed by atoms with E-state index >= 15 is 0 Å². The molecule has 0 spiro atoms. The van der Waals surface area contributed by atoms with Crippen LogP contribution in [0.5, 0.6) is 5.75 Å². The highest BCUT2D eigenvalue weighted by molar-refractivity contribution is 6.32. The molecule has 5 rings (SSSR count). The van der Waals surface area contributed by atoms with Crippen LogP contribution in [0, 0.1) is 5.82 Å². The Balaban J connectivity index is 1.22. The predicted molar refractivity (Wildman–Crippen MR) is 127 cm³/mol. The van der Waals surface area contributed by atoms with Crippen molar-refractivity contribution in [1.29, 1.82) is 0 Å². The molecule has 7 nitrogen and oxygen atoms in total. The lowest BCUT2D eigenvalue weighted by molar-refractivity contribution is -0.0107. The lowest BCUT2D eigenvalue weighted by Gasteiger charge is -2.42. The zero-order valence-corrected chi connectivity index (χ0v) is 19.8. The van der Waals surface area contributed by atoms with E-state index < -0.39 is 5.82 Å². The van der Waals surface area contributed by atoms with Crippen molar-refractivity contribution in [3.05, 3.63) is 35.2 Å². The van der Waals surface area contributed by atoms with Gasteiger partial charge in [-0.2, -0.15) is 4.98 Å². The van der Waals surface area contributed by atoms with Gasteiger partial charge in [-0.15, -0.1) is 0 Å². The van der Waals surface area contributed by atoms with Gasteiger partial charge >= 0.3 is 0 Å². The molecule has 0 bridgehead atoms. The Morgan fingerprint density at radius 1 is 1.24 bits per heavy atom. The zero-order chi connectivity index (χ0) is 23.2. The van der Waals surface area contributed by atoms with Crippen LogP contribution in [0.4, 0.5) is 21.8 Å². The number of aliphatic hydroxyl groups is 1. The Morgan fingerprint density at radius 3 is 2.82 bits per heavy atom. The van der Waals surface area contributed by atoms with Gasteiger partial charge < -0.3 is 20.5 Å². The maximum atomic E-state index is 14.5. The molecular formula is C24H31ClFN5O2. The summed E-state index contributed by atoms with van der Waals surface area (Å²) in [5.41, 5.74) is 0.938. The number of anilines is 3. The fraction of sp³-hybridized carbons (Fsp3) is 0.583. The summed E-state index contributed by atoms with van der Waals surface area (Å²) in [6.45, 7) is 5.64. The van der Waals surface area contributed by atoms with Crippen molar-refractivity contribution in [2.24, 2.45) is 0 Å². The van der Waals surface area contributed by atoms with Crippen LogP contribution in [0.1, 0.15) is 52.4 Å². The van der Waals surface area contributed by atoms with E-state index in [4.69, 9.17) is 16.3 Å². The highest BCUT2D eigenvalue weighted by Gasteiger charge is 2.42. The van der Waals surface area contributed by atoms with E-state index in [1.165, 1.54) is 19.0 Å². The minimum absolute atomic E-state index is 0.00690.